The van der Waals surface area contributed by atoms with Crippen molar-refractivity contribution in [3.63, 3.8) is 0 Å². The predicted octanol–water partition coefficient (Wildman–Crippen LogP) is 4.54. The Morgan fingerprint density at radius 1 is 1.03 bits per heavy atom. The zero-order valence-corrected chi connectivity index (χ0v) is 17.3. The van der Waals surface area contributed by atoms with Gasteiger partial charge in [-0.05, 0) is 48.7 Å². The van der Waals surface area contributed by atoms with Gasteiger partial charge < -0.3 is 5.32 Å². The summed E-state index contributed by atoms with van der Waals surface area (Å²) in [6, 6.07) is 17.9. The SMILES string of the molecule is O=S(=O)(Cc1ccccc1Cl)N1CCC[C@@H]1c1cccc(Nc2ccccn2)n1. The molecule has 0 unspecified atom stereocenters. The van der Waals surface area contributed by atoms with E-state index in [1.54, 1.807) is 34.8 Å². The molecular weight excluding hydrogens is 408 g/mol. The summed E-state index contributed by atoms with van der Waals surface area (Å²) < 4.78 is 27.8. The van der Waals surface area contributed by atoms with E-state index in [2.05, 4.69) is 15.3 Å². The summed E-state index contributed by atoms with van der Waals surface area (Å²) in [5.41, 5.74) is 1.34. The molecule has 6 nitrogen and oxygen atoms in total. The molecule has 1 atom stereocenters. The van der Waals surface area contributed by atoms with Gasteiger partial charge in [-0.2, -0.15) is 4.31 Å². The van der Waals surface area contributed by atoms with Crippen molar-refractivity contribution in [1.82, 2.24) is 14.3 Å². The first kappa shape index (κ1) is 19.8. The Balaban J connectivity index is 1.57. The number of aromatic nitrogens is 2. The van der Waals surface area contributed by atoms with E-state index in [4.69, 9.17) is 11.6 Å². The summed E-state index contributed by atoms with van der Waals surface area (Å²) in [7, 11) is -3.53. The van der Waals surface area contributed by atoms with Gasteiger partial charge in [0.2, 0.25) is 10.0 Å². The Hall–Kier alpha value is -2.48. The molecule has 3 heterocycles. The summed E-state index contributed by atoms with van der Waals surface area (Å²) in [5, 5.41) is 3.63. The van der Waals surface area contributed by atoms with Crippen molar-refractivity contribution in [3.8, 4) is 0 Å². The fourth-order valence-electron chi connectivity index (χ4n) is 3.54. The lowest BCUT2D eigenvalue weighted by atomic mass is 10.1. The Bertz CT molecular complexity index is 1090. The summed E-state index contributed by atoms with van der Waals surface area (Å²) in [4.78, 5) is 8.90. The highest BCUT2D eigenvalue weighted by molar-refractivity contribution is 7.88. The van der Waals surface area contributed by atoms with E-state index in [1.807, 2.05) is 36.4 Å². The molecule has 0 radical (unpaired) electrons. The maximum absolute atomic E-state index is 13.1. The molecule has 1 aromatic carbocycles. The monoisotopic (exact) mass is 428 g/mol. The van der Waals surface area contributed by atoms with E-state index in [0.717, 1.165) is 18.5 Å². The molecule has 4 rings (SSSR count). The first-order valence-electron chi connectivity index (χ1n) is 9.41. The summed E-state index contributed by atoms with van der Waals surface area (Å²) in [6.07, 6.45) is 3.24. The molecule has 1 saturated heterocycles. The molecule has 1 aliphatic heterocycles. The Labute approximate surface area is 175 Å². The molecule has 0 amide bonds. The quantitative estimate of drug-likeness (QED) is 0.623. The van der Waals surface area contributed by atoms with Crippen molar-refractivity contribution in [1.29, 1.82) is 0 Å². The average Bonchev–Trinajstić information content (AvgIpc) is 3.22. The highest BCUT2D eigenvalue weighted by atomic mass is 35.5. The third-order valence-corrected chi connectivity index (χ3v) is 7.09. The van der Waals surface area contributed by atoms with Crippen LogP contribution in [0.4, 0.5) is 11.6 Å². The van der Waals surface area contributed by atoms with Crippen LogP contribution < -0.4 is 5.32 Å². The maximum atomic E-state index is 13.1. The van der Waals surface area contributed by atoms with Crippen molar-refractivity contribution >= 4 is 33.3 Å². The van der Waals surface area contributed by atoms with Gasteiger partial charge in [-0.25, -0.2) is 18.4 Å². The van der Waals surface area contributed by atoms with Crippen LogP contribution >= 0.6 is 11.6 Å². The second-order valence-corrected chi connectivity index (χ2v) is 9.23. The van der Waals surface area contributed by atoms with Crippen LogP contribution in [0.1, 0.15) is 30.1 Å². The van der Waals surface area contributed by atoms with Gasteiger partial charge >= 0.3 is 0 Å². The topological polar surface area (TPSA) is 75.2 Å². The molecule has 8 heteroatoms. The number of hydrogen-bond donors (Lipinski definition) is 1. The first-order valence-corrected chi connectivity index (χ1v) is 11.4. The van der Waals surface area contributed by atoms with Crippen LogP contribution in [0, 0.1) is 0 Å². The second-order valence-electron chi connectivity index (χ2n) is 6.90. The van der Waals surface area contributed by atoms with Crippen LogP contribution in [0.25, 0.3) is 0 Å². The van der Waals surface area contributed by atoms with Crippen LogP contribution in [-0.4, -0.2) is 29.2 Å². The highest BCUT2D eigenvalue weighted by Gasteiger charge is 2.36. The number of halogens is 1. The number of hydrogen-bond acceptors (Lipinski definition) is 5. The minimum Gasteiger partial charge on any atom is -0.325 e. The Morgan fingerprint density at radius 2 is 1.83 bits per heavy atom. The third kappa shape index (κ3) is 4.58. The summed E-state index contributed by atoms with van der Waals surface area (Å²) in [5.74, 6) is 1.21. The molecule has 29 heavy (non-hydrogen) atoms. The van der Waals surface area contributed by atoms with E-state index in [1.165, 1.54) is 0 Å². The molecule has 3 aromatic rings. The number of rotatable bonds is 6. The number of nitrogens with zero attached hydrogens (tertiary/aromatic N) is 3. The second kappa shape index (κ2) is 8.49. The molecular formula is C21H21ClN4O2S. The highest BCUT2D eigenvalue weighted by Crippen LogP contribution is 2.35. The molecule has 2 aromatic heterocycles. The van der Waals surface area contributed by atoms with Crippen LogP contribution in [0.2, 0.25) is 5.02 Å². The van der Waals surface area contributed by atoms with Crippen molar-refractivity contribution < 1.29 is 8.42 Å². The van der Waals surface area contributed by atoms with Crippen LogP contribution in [-0.2, 0) is 15.8 Å². The van der Waals surface area contributed by atoms with Crippen molar-refractivity contribution in [2.24, 2.45) is 0 Å². The van der Waals surface area contributed by atoms with E-state index >= 15 is 0 Å². The first-order chi connectivity index (χ1) is 14.0. The van der Waals surface area contributed by atoms with Gasteiger partial charge in [0.05, 0.1) is 17.5 Å². The van der Waals surface area contributed by atoms with Crippen molar-refractivity contribution in [3.05, 3.63) is 83.1 Å². The molecule has 0 aliphatic carbocycles. The van der Waals surface area contributed by atoms with Crippen LogP contribution in [0.3, 0.4) is 0 Å². The number of sulfonamides is 1. The maximum Gasteiger partial charge on any atom is 0.218 e. The fraction of sp³-hybridized carbons (Fsp3) is 0.238. The smallest absolute Gasteiger partial charge is 0.218 e. The van der Waals surface area contributed by atoms with Gasteiger partial charge in [-0.15, -0.1) is 0 Å². The molecule has 0 saturated carbocycles. The predicted molar refractivity (Wildman–Crippen MR) is 115 cm³/mol. The standard InChI is InChI=1S/C21H21ClN4O2S/c22-17-8-2-1-7-16(17)15-29(27,28)26-14-6-10-19(26)18-9-5-12-21(24-18)25-20-11-3-4-13-23-20/h1-5,7-9,11-13,19H,6,10,14-15H2,(H,23,24,25)/t19-/m1/s1. The molecule has 150 valence electrons. The molecule has 1 aliphatic rings. The van der Waals surface area contributed by atoms with Crippen LogP contribution in [0.5, 0.6) is 0 Å². The lowest BCUT2D eigenvalue weighted by Crippen LogP contribution is -2.32. The zero-order chi connectivity index (χ0) is 20.3. The third-order valence-electron chi connectivity index (χ3n) is 4.89. The van der Waals surface area contributed by atoms with Gasteiger partial charge in [0.15, 0.2) is 0 Å². The van der Waals surface area contributed by atoms with Gasteiger partial charge in [0.25, 0.3) is 0 Å². The van der Waals surface area contributed by atoms with E-state index in [-0.39, 0.29) is 11.8 Å². The van der Waals surface area contributed by atoms with Gasteiger partial charge in [0.1, 0.15) is 11.6 Å². The largest absolute Gasteiger partial charge is 0.325 e. The molecule has 0 bridgehead atoms. The lowest BCUT2D eigenvalue weighted by Gasteiger charge is -2.24. The van der Waals surface area contributed by atoms with Crippen LogP contribution in [0.15, 0.2) is 66.9 Å². The van der Waals surface area contributed by atoms with Crippen molar-refractivity contribution in [2.45, 2.75) is 24.6 Å². The van der Waals surface area contributed by atoms with E-state index < -0.39 is 10.0 Å². The minimum absolute atomic E-state index is 0.116. The number of benzene rings is 1. The molecule has 0 spiro atoms. The summed E-state index contributed by atoms with van der Waals surface area (Å²) >= 11 is 6.18. The molecule has 1 fully saturated rings. The number of nitrogens with one attached hydrogen (secondary N) is 1. The van der Waals surface area contributed by atoms with E-state index in [0.29, 0.717) is 28.8 Å². The lowest BCUT2D eigenvalue weighted by molar-refractivity contribution is 0.390. The minimum atomic E-state index is -3.53. The Morgan fingerprint density at radius 3 is 2.62 bits per heavy atom. The number of pyridine rings is 2. The number of anilines is 2. The van der Waals surface area contributed by atoms with E-state index in [9.17, 15) is 8.42 Å². The Kier molecular flexibility index (Phi) is 5.80. The van der Waals surface area contributed by atoms with Gasteiger partial charge in [0, 0.05) is 17.8 Å². The van der Waals surface area contributed by atoms with Gasteiger partial charge in [-0.3, -0.25) is 0 Å². The van der Waals surface area contributed by atoms with Crippen molar-refractivity contribution in [2.75, 3.05) is 11.9 Å². The normalized spacial score (nSPS) is 17.3. The average molecular weight is 429 g/mol. The zero-order valence-electron chi connectivity index (χ0n) is 15.7. The fourth-order valence-corrected chi connectivity index (χ4v) is 5.64. The van der Waals surface area contributed by atoms with Gasteiger partial charge in [-0.1, -0.05) is 41.9 Å². The molecule has 1 N–H and O–H groups in total. The summed E-state index contributed by atoms with van der Waals surface area (Å²) in [6.45, 7) is 0.483.